The van der Waals surface area contributed by atoms with E-state index in [4.69, 9.17) is 24.7 Å². The summed E-state index contributed by atoms with van der Waals surface area (Å²) in [5.41, 5.74) is 6.02. The van der Waals surface area contributed by atoms with Crippen LogP contribution in [0.15, 0.2) is 72.9 Å². The Hall–Kier alpha value is -3.18. The second-order valence-corrected chi connectivity index (χ2v) is 17.8. The highest BCUT2D eigenvalue weighted by molar-refractivity contribution is 5.71. The van der Waals surface area contributed by atoms with Gasteiger partial charge in [-0.2, -0.15) is 0 Å². The molecular formula is C47H75NO17. The maximum absolute atomic E-state index is 12.6. The van der Waals surface area contributed by atoms with Crippen LogP contribution in [0.3, 0.4) is 0 Å². The number of fused-ring (bicyclic) bond motifs is 2. The fourth-order valence-electron chi connectivity index (χ4n) is 8.13. The van der Waals surface area contributed by atoms with E-state index in [0.717, 1.165) is 12.8 Å². The first-order valence-electron chi connectivity index (χ1n) is 22.6. The van der Waals surface area contributed by atoms with E-state index in [-0.39, 0.29) is 31.6 Å². The van der Waals surface area contributed by atoms with Gasteiger partial charge in [0, 0.05) is 37.5 Å². The van der Waals surface area contributed by atoms with Crippen molar-refractivity contribution < 1.29 is 84.7 Å². The topological polar surface area (TPSA) is 320 Å². The highest BCUT2D eigenvalue weighted by atomic mass is 16.7. The number of hydrogen-bond acceptors (Lipinski definition) is 17. The number of aliphatic hydroxyl groups is 10. The molecular weight excluding hydrogens is 851 g/mol. The SMILES string of the molecule is C[C@@H]1[C@H](O)[C@@H](C)/C=C/C=C/CC/C=C/C=C/C=C/C=C/[C@H](OC2O[C@H](C)[C@@H](O)[C@H](N)[C@@H]2O)CC2O[C@](O)(C[C@@H](O)C[C@@H](O)[C@H](O)CC[C@@H](O)C[C@@H](O)CC(=O)O[C@H]1C)C[C@H](O)C2C(=O)O. The van der Waals surface area contributed by atoms with Gasteiger partial charge in [-0.25, -0.2) is 0 Å². The Morgan fingerprint density at radius 2 is 1.31 bits per heavy atom. The van der Waals surface area contributed by atoms with Gasteiger partial charge >= 0.3 is 11.9 Å². The van der Waals surface area contributed by atoms with Gasteiger partial charge in [-0.1, -0.05) is 86.8 Å². The van der Waals surface area contributed by atoms with Crippen LogP contribution >= 0.6 is 0 Å². The highest BCUT2D eigenvalue weighted by Crippen LogP contribution is 2.38. The molecule has 2 saturated heterocycles. The lowest BCUT2D eigenvalue weighted by molar-refractivity contribution is -0.308. The monoisotopic (exact) mass is 926 g/mol. The number of carbonyl (C=O) groups excluding carboxylic acids is 1. The van der Waals surface area contributed by atoms with Crippen LogP contribution in [0.2, 0.25) is 0 Å². The molecule has 18 heteroatoms. The number of esters is 1. The average molecular weight is 926 g/mol. The van der Waals surface area contributed by atoms with Crippen LogP contribution < -0.4 is 5.73 Å². The van der Waals surface area contributed by atoms with Crippen molar-refractivity contribution in [3.63, 3.8) is 0 Å². The minimum Gasteiger partial charge on any atom is -0.481 e. The lowest BCUT2D eigenvalue weighted by Crippen LogP contribution is -2.61. The molecule has 0 saturated carbocycles. The van der Waals surface area contributed by atoms with E-state index in [1.165, 1.54) is 13.0 Å². The Morgan fingerprint density at radius 3 is 1.97 bits per heavy atom. The van der Waals surface area contributed by atoms with E-state index in [2.05, 4.69) is 0 Å². The van der Waals surface area contributed by atoms with Gasteiger partial charge in [-0.3, -0.25) is 9.59 Å². The molecule has 3 heterocycles. The van der Waals surface area contributed by atoms with Crippen LogP contribution in [-0.4, -0.2) is 166 Å². The fraction of sp³-hybridized carbons (Fsp3) is 0.702. The van der Waals surface area contributed by atoms with Crippen LogP contribution in [0.5, 0.6) is 0 Å². The van der Waals surface area contributed by atoms with Crippen LogP contribution in [0.25, 0.3) is 0 Å². The van der Waals surface area contributed by atoms with Crippen molar-refractivity contribution in [1.82, 2.24) is 0 Å². The normalized spacial score (nSPS) is 45.2. The van der Waals surface area contributed by atoms with Crippen LogP contribution in [0, 0.1) is 17.8 Å². The summed E-state index contributed by atoms with van der Waals surface area (Å²) in [6.07, 6.45) is 2.26. The third kappa shape index (κ3) is 18.8. The summed E-state index contributed by atoms with van der Waals surface area (Å²) in [6, 6.07) is -1.14. The molecule has 370 valence electrons. The number of allylic oxidation sites excluding steroid dienone is 10. The molecule has 18 nitrogen and oxygen atoms in total. The molecule has 65 heavy (non-hydrogen) atoms. The summed E-state index contributed by atoms with van der Waals surface area (Å²) >= 11 is 0. The standard InChI is InChI=1S/C47H75NO17/c1-27-17-15-13-11-9-7-5-6-8-10-12-14-16-18-34(64-46-44(58)41(48)43(57)30(4)63-46)24-38-40(45(59)60)37(54)26-47(61,65-38)25-33(51)22-36(53)35(52)20-19-31(49)21-32(50)23-39(55)62-29(3)28(2)42(27)56/h5-6,8,10-18,27-38,40-44,46,49-54,56-58,61H,7,9,19-26,48H2,1-4H3,(H,59,60)/b6-5+,10-8+,13-11+,14-12+,17-15+,18-16+/t27-,28-,29-,30+,31+,32+,33-,34-,35+,36+,37-,38?,40?,41-,42+,43+,44-,46?,47+/m0/s1. The summed E-state index contributed by atoms with van der Waals surface area (Å²) in [5, 5.41) is 118. The largest absolute Gasteiger partial charge is 0.481 e. The molecule has 2 bridgehead atoms. The number of cyclic esters (lactones) is 1. The lowest BCUT2D eigenvalue weighted by atomic mass is 9.82. The molecule has 0 aromatic rings. The molecule has 0 radical (unpaired) electrons. The van der Waals surface area contributed by atoms with Crippen molar-refractivity contribution in [3.8, 4) is 0 Å². The zero-order chi connectivity index (χ0) is 48.4. The minimum absolute atomic E-state index is 0.103. The summed E-state index contributed by atoms with van der Waals surface area (Å²) in [6.45, 7) is 6.78. The third-order valence-electron chi connectivity index (χ3n) is 12.2. The number of rotatable bonds is 3. The van der Waals surface area contributed by atoms with Gasteiger partial charge in [0.05, 0.1) is 79.6 Å². The molecule has 3 unspecified atom stereocenters. The second kappa shape index (κ2) is 27.6. The lowest BCUT2D eigenvalue weighted by Gasteiger charge is -2.45. The molecule has 0 aromatic heterocycles. The van der Waals surface area contributed by atoms with Crippen molar-refractivity contribution >= 4 is 11.9 Å². The molecule has 3 aliphatic heterocycles. The van der Waals surface area contributed by atoms with E-state index in [9.17, 15) is 65.8 Å². The van der Waals surface area contributed by atoms with Gasteiger partial charge in [0.2, 0.25) is 0 Å². The zero-order valence-corrected chi connectivity index (χ0v) is 37.8. The molecule has 0 amide bonds. The number of carbonyl (C=O) groups is 2. The predicted molar refractivity (Wildman–Crippen MR) is 237 cm³/mol. The first-order valence-corrected chi connectivity index (χ1v) is 22.6. The number of aliphatic carboxylic acids is 1. The quantitative estimate of drug-likeness (QED) is 0.175. The van der Waals surface area contributed by atoms with Crippen LogP contribution in [0.4, 0.5) is 0 Å². The van der Waals surface area contributed by atoms with E-state index >= 15 is 0 Å². The maximum atomic E-state index is 12.6. The molecule has 0 aromatic carbocycles. The Bertz CT molecular complexity index is 1620. The molecule has 13 N–H and O–H groups in total. The van der Waals surface area contributed by atoms with E-state index in [0.29, 0.717) is 0 Å². The van der Waals surface area contributed by atoms with Crippen molar-refractivity contribution in [3.05, 3.63) is 72.9 Å². The smallest absolute Gasteiger partial charge is 0.311 e. The highest BCUT2D eigenvalue weighted by Gasteiger charge is 2.51. The first-order chi connectivity index (χ1) is 30.6. The number of aliphatic hydroxyl groups excluding tert-OH is 9. The predicted octanol–water partition coefficient (Wildman–Crippen LogP) is 0.936. The van der Waals surface area contributed by atoms with Gasteiger partial charge in [0.15, 0.2) is 12.1 Å². The molecule has 2 fully saturated rings. The third-order valence-corrected chi connectivity index (χ3v) is 12.2. The number of carboxylic acids is 1. The average Bonchev–Trinajstić information content (AvgIpc) is 3.21. The van der Waals surface area contributed by atoms with Gasteiger partial charge in [0.25, 0.3) is 0 Å². The van der Waals surface area contributed by atoms with E-state index in [1.54, 1.807) is 38.2 Å². The van der Waals surface area contributed by atoms with Crippen molar-refractivity contribution in [1.29, 1.82) is 0 Å². The Balaban J connectivity index is 1.84. The maximum Gasteiger partial charge on any atom is 0.311 e. The Kier molecular flexibility index (Phi) is 23.8. The molecule has 0 spiro atoms. The number of hydrogen-bond donors (Lipinski definition) is 12. The molecule has 0 aliphatic carbocycles. The Labute approximate surface area is 381 Å². The van der Waals surface area contributed by atoms with E-state index in [1.807, 2.05) is 49.5 Å². The summed E-state index contributed by atoms with van der Waals surface area (Å²) in [7, 11) is 0. The molecule has 3 aliphatic rings. The van der Waals surface area contributed by atoms with Gasteiger partial charge in [0.1, 0.15) is 18.1 Å². The van der Waals surface area contributed by atoms with Crippen molar-refractivity contribution in [2.45, 2.75) is 189 Å². The summed E-state index contributed by atoms with van der Waals surface area (Å²) in [5.74, 6) is -6.77. The summed E-state index contributed by atoms with van der Waals surface area (Å²) in [4.78, 5) is 25.1. The van der Waals surface area contributed by atoms with Crippen LogP contribution in [0.1, 0.15) is 91.9 Å². The van der Waals surface area contributed by atoms with Gasteiger partial charge in [-0.15, -0.1) is 0 Å². The fourth-order valence-corrected chi connectivity index (χ4v) is 8.13. The summed E-state index contributed by atoms with van der Waals surface area (Å²) < 4.78 is 23.2. The molecule has 3 rings (SSSR count). The van der Waals surface area contributed by atoms with Crippen molar-refractivity contribution in [2.75, 3.05) is 0 Å². The number of carboxylic acid groups (broad SMARTS) is 1. The minimum atomic E-state index is -2.32. The first kappa shape index (κ1) is 56.1. The zero-order valence-electron chi connectivity index (χ0n) is 37.8. The molecule has 19 atom stereocenters. The van der Waals surface area contributed by atoms with Crippen molar-refractivity contribution in [2.24, 2.45) is 23.5 Å². The Morgan fingerprint density at radius 1 is 0.692 bits per heavy atom. The van der Waals surface area contributed by atoms with Crippen LogP contribution in [-0.2, 0) is 28.5 Å². The van der Waals surface area contributed by atoms with Gasteiger partial charge < -0.3 is 80.9 Å². The van der Waals surface area contributed by atoms with Gasteiger partial charge in [-0.05, 0) is 46.0 Å². The van der Waals surface area contributed by atoms with E-state index < -0.39 is 147 Å². The number of ether oxygens (including phenoxy) is 4. The number of nitrogens with two attached hydrogens (primary N) is 1. The second-order valence-electron chi connectivity index (χ2n) is 17.8.